The average Bonchev–Trinajstić information content (AvgIpc) is 3.78. The molecule has 0 aliphatic carbocycles. The second-order valence-electron chi connectivity index (χ2n) is 12.5. The Labute approximate surface area is 268 Å². The lowest BCUT2D eigenvalue weighted by Gasteiger charge is -2.11. The standard InChI is InChI=1S/C44H25NO2/c1-2-10-29-26(9-1)21-34(31-12-4-3-11-30(29)31)27-17-19-41-35(22-27)37-24-38-36-23-28(18-20-42(36)47-44(38)25-43(37)46-41)45-39-15-7-5-13-32(39)33-14-6-8-16-40(33)45/h1-25H. The first-order valence-corrected chi connectivity index (χ1v) is 16.0. The van der Waals surface area contributed by atoms with Gasteiger partial charge in [0.1, 0.15) is 22.3 Å². The van der Waals surface area contributed by atoms with Gasteiger partial charge in [0.15, 0.2) is 0 Å². The predicted octanol–water partition coefficient (Wildman–Crippen LogP) is 12.6. The Morgan fingerprint density at radius 2 is 0.894 bits per heavy atom. The Hall–Kier alpha value is -6.32. The predicted molar refractivity (Wildman–Crippen MR) is 196 cm³/mol. The van der Waals surface area contributed by atoms with Crippen molar-refractivity contribution in [2.24, 2.45) is 0 Å². The molecule has 0 saturated carbocycles. The summed E-state index contributed by atoms with van der Waals surface area (Å²) in [5.41, 5.74) is 9.29. The molecule has 0 bridgehead atoms. The second kappa shape index (κ2) is 9.12. The molecule has 0 atom stereocenters. The Balaban J connectivity index is 1.14. The molecule has 8 aromatic carbocycles. The summed E-state index contributed by atoms with van der Waals surface area (Å²) in [5, 5.41) is 11.9. The van der Waals surface area contributed by atoms with Gasteiger partial charge >= 0.3 is 0 Å². The highest BCUT2D eigenvalue weighted by molar-refractivity contribution is 6.18. The van der Waals surface area contributed by atoms with Crippen molar-refractivity contribution in [3.05, 3.63) is 152 Å². The fourth-order valence-corrected chi connectivity index (χ4v) is 7.84. The lowest BCUT2D eigenvalue weighted by molar-refractivity contribution is 0.656. The van der Waals surface area contributed by atoms with Gasteiger partial charge in [-0.1, -0.05) is 91.0 Å². The van der Waals surface area contributed by atoms with Gasteiger partial charge in [0.05, 0.1) is 11.0 Å². The van der Waals surface area contributed by atoms with Crippen LogP contribution in [-0.4, -0.2) is 4.57 Å². The SMILES string of the molecule is c1ccc2c(c1)cc(-c1ccc3oc4cc5oc6ccc(-n7c8ccccc8c8ccccc87)cc6c5cc4c3c1)c1ccccc12. The van der Waals surface area contributed by atoms with E-state index in [9.17, 15) is 0 Å². The van der Waals surface area contributed by atoms with E-state index in [1.54, 1.807) is 0 Å². The van der Waals surface area contributed by atoms with Crippen LogP contribution in [0.25, 0.3) is 104 Å². The van der Waals surface area contributed by atoms with Crippen LogP contribution in [0, 0.1) is 0 Å². The van der Waals surface area contributed by atoms with E-state index in [-0.39, 0.29) is 0 Å². The van der Waals surface area contributed by atoms with Gasteiger partial charge in [0.25, 0.3) is 0 Å². The Bertz CT molecular complexity index is 3030. The number of nitrogens with zero attached hydrogens (tertiary/aromatic N) is 1. The summed E-state index contributed by atoms with van der Waals surface area (Å²) in [6, 6.07) is 54.3. The van der Waals surface area contributed by atoms with Gasteiger partial charge in [-0.2, -0.15) is 0 Å². The molecule has 11 aromatic rings. The van der Waals surface area contributed by atoms with Crippen LogP contribution >= 0.6 is 0 Å². The van der Waals surface area contributed by atoms with E-state index in [1.807, 2.05) is 0 Å². The molecule has 218 valence electrons. The Morgan fingerprint density at radius 3 is 1.62 bits per heavy atom. The summed E-state index contributed by atoms with van der Waals surface area (Å²) in [6.07, 6.45) is 0. The molecule has 0 aliphatic heterocycles. The molecule has 3 nitrogen and oxygen atoms in total. The number of fused-ring (bicyclic) bond motifs is 12. The number of furan rings is 2. The fourth-order valence-electron chi connectivity index (χ4n) is 7.84. The van der Waals surface area contributed by atoms with Crippen molar-refractivity contribution in [1.82, 2.24) is 4.57 Å². The molecule has 0 radical (unpaired) electrons. The summed E-state index contributed by atoms with van der Waals surface area (Å²) in [6.45, 7) is 0. The normalized spacial score (nSPS) is 12.3. The van der Waals surface area contributed by atoms with Gasteiger partial charge in [0, 0.05) is 44.1 Å². The molecular formula is C44H25NO2. The Kier molecular flexibility index (Phi) is 4.84. The molecule has 47 heavy (non-hydrogen) atoms. The van der Waals surface area contributed by atoms with Gasteiger partial charge in [-0.3, -0.25) is 0 Å². The molecule has 3 heterocycles. The van der Waals surface area contributed by atoms with Crippen molar-refractivity contribution in [1.29, 1.82) is 0 Å². The second-order valence-corrected chi connectivity index (χ2v) is 12.5. The summed E-state index contributed by atoms with van der Waals surface area (Å²) in [7, 11) is 0. The van der Waals surface area contributed by atoms with Crippen LogP contribution in [0.3, 0.4) is 0 Å². The van der Waals surface area contributed by atoms with Crippen molar-refractivity contribution < 1.29 is 8.83 Å². The van der Waals surface area contributed by atoms with Crippen molar-refractivity contribution in [3.8, 4) is 16.8 Å². The third-order valence-corrected chi connectivity index (χ3v) is 9.96. The first-order valence-electron chi connectivity index (χ1n) is 16.0. The Morgan fingerprint density at radius 1 is 0.340 bits per heavy atom. The first-order chi connectivity index (χ1) is 23.3. The van der Waals surface area contributed by atoms with Crippen LogP contribution in [0.15, 0.2) is 160 Å². The van der Waals surface area contributed by atoms with E-state index >= 15 is 0 Å². The van der Waals surface area contributed by atoms with Crippen molar-refractivity contribution in [2.75, 3.05) is 0 Å². The maximum absolute atomic E-state index is 6.42. The van der Waals surface area contributed by atoms with Crippen LogP contribution in [0.4, 0.5) is 0 Å². The molecule has 0 fully saturated rings. The summed E-state index contributed by atoms with van der Waals surface area (Å²) in [5.74, 6) is 0. The zero-order valence-electron chi connectivity index (χ0n) is 25.2. The quantitative estimate of drug-likeness (QED) is 0.185. The van der Waals surface area contributed by atoms with Crippen LogP contribution in [0.5, 0.6) is 0 Å². The molecule has 0 spiro atoms. The van der Waals surface area contributed by atoms with Crippen molar-refractivity contribution >= 4 is 87.2 Å². The third kappa shape index (κ3) is 3.46. The number of para-hydroxylation sites is 2. The monoisotopic (exact) mass is 599 g/mol. The molecule has 11 rings (SSSR count). The van der Waals surface area contributed by atoms with Gasteiger partial charge < -0.3 is 13.4 Å². The van der Waals surface area contributed by atoms with E-state index in [4.69, 9.17) is 8.83 Å². The number of hydrogen-bond donors (Lipinski definition) is 0. The lowest BCUT2D eigenvalue weighted by Crippen LogP contribution is -1.93. The molecule has 0 amide bonds. The molecule has 0 aliphatic rings. The smallest absolute Gasteiger partial charge is 0.139 e. The minimum Gasteiger partial charge on any atom is -0.456 e. The minimum absolute atomic E-state index is 0.826. The van der Waals surface area contributed by atoms with E-state index in [0.717, 1.165) is 49.6 Å². The third-order valence-electron chi connectivity index (χ3n) is 9.96. The van der Waals surface area contributed by atoms with Crippen LogP contribution in [0.2, 0.25) is 0 Å². The highest BCUT2D eigenvalue weighted by atomic mass is 16.3. The topological polar surface area (TPSA) is 31.2 Å². The van der Waals surface area contributed by atoms with E-state index in [0.29, 0.717) is 0 Å². The summed E-state index contributed by atoms with van der Waals surface area (Å²) >= 11 is 0. The maximum Gasteiger partial charge on any atom is 0.139 e. The summed E-state index contributed by atoms with van der Waals surface area (Å²) in [4.78, 5) is 0. The van der Waals surface area contributed by atoms with Gasteiger partial charge in [-0.05, 0) is 87.3 Å². The number of aromatic nitrogens is 1. The average molecular weight is 600 g/mol. The highest BCUT2D eigenvalue weighted by Gasteiger charge is 2.17. The molecule has 0 unspecified atom stereocenters. The maximum atomic E-state index is 6.42. The molecular weight excluding hydrogens is 574 g/mol. The number of benzene rings is 8. The number of rotatable bonds is 2. The lowest BCUT2D eigenvalue weighted by atomic mass is 9.92. The van der Waals surface area contributed by atoms with Crippen LogP contribution in [0.1, 0.15) is 0 Å². The van der Waals surface area contributed by atoms with Crippen LogP contribution < -0.4 is 0 Å². The van der Waals surface area contributed by atoms with Crippen LogP contribution in [-0.2, 0) is 0 Å². The van der Waals surface area contributed by atoms with E-state index in [1.165, 1.54) is 54.5 Å². The zero-order chi connectivity index (χ0) is 30.6. The van der Waals surface area contributed by atoms with Gasteiger partial charge in [-0.15, -0.1) is 0 Å². The largest absolute Gasteiger partial charge is 0.456 e. The molecule has 3 aromatic heterocycles. The minimum atomic E-state index is 0.826. The molecule has 0 saturated heterocycles. The highest BCUT2D eigenvalue weighted by Crippen LogP contribution is 2.41. The van der Waals surface area contributed by atoms with E-state index < -0.39 is 0 Å². The first kappa shape index (κ1) is 24.9. The fraction of sp³-hybridized carbons (Fsp3) is 0. The van der Waals surface area contributed by atoms with Crippen molar-refractivity contribution in [2.45, 2.75) is 0 Å². The molecule has 0 N–H and O–H groups in total. The van der Waals surface area contributed by atoms with Gasteiger partial charge in [0.2, 0.25) is 0 Å². The van der Waals surface area contributed by atoms with Gasteiger partial charge in [-0.25, -0.2) is 0 Å². The zero-order valence-corrected chi connectivity index (χ0v) is 25.2. The summed E-state index contributed by atoms with van der Waals surface area (Å²) < 4.78 is 15.2. The molecule has 3 heteroatoms. The van der Waals surface area contributed by atoms with E-state index in [2.05, 4.69) is 156 Å². The number of hydrogen-bond acceptors (Lipinski definition) is 2. The van der Waals surface area contributed by atoms with Crippen molar-refractivity contribution in [3.63, 3.8) is 0 Å².